The summed E-state index contributed by atoms with van der Waals surface area (Å²) in [5.74, 6) is 0.989. The Morgan fingerprint density at radius 3 is 2.88 bits per heavy atom. The maximum absolute atomic E-state index is 9.20. The second-order valence-corrected chi connectivity index (χ2v) is 4.10. The molecule has 2 unspecified atom stereocenters. The zero-order valence-electron chi connectivity index (χ0n) is 9.68. The Hall–Kier alpha value is -2.21. The molecule has 3 heteroatoms. The molecule has 0 aliphatic carbocycles. The van der Waals surface area contributed by atoms with E-state index in [1.54, 1.807) is 0 Å². The molecule has 3 nitrogen and oxygen atoms in total. The zero-order chi connectivity index (χ0) is 12.4. The molecule has 1 aromatic carbocycles. The Bertz CT molecular complexity index is 525. The maximum Gasteiger partial charge on any atom is 0.205 e. The van der Waals surface area contributed by atoms with E-state index in [-0.39, 0.29) is 17.7 Å². The molecule has 0 saturated heterocycles. The third kappa shape index (κ3) is 1.78. The number of para-hydroxylation sites is 1. The highest BCUT2D eigenvalue weighted by Crippen LogP contribution is 2.42. The molecule has 0 saturated carbocycles. The minimum Gasteiger partial charge on any atom is -0.440 e. The van der Waals surface area contributed by atoms with Crippen LogP contribution in [0.4, 0.5) is 0 Å². The van der Waals surface area contributed by atoms with Crippen LogP contribution in [0.2, 0.25) is 0 Å². The molecule has 86 valence electrons. The van der Waals surface area contributed by atoms with E-state index in [1.165, 1.54) is 0 Å². The van der Waals surface area contributed by atoms with Crippen molar-refractivity contribution >= 4 is 0 Å². The molecule has 0 bridgehead atoms. The predicted octanol–water partition coefficient (Wildman–Crippen LogP) is 2.68. The van der Waals surface area contributed by atoms with Crippen molar-refractivity contribution in [3.63, 3.8) is 0 Å². The SMILES string of the molecule is C=CC(C)C1C(C#N)=C(N)Oc2ccccc21. The molecule has 2 atom stereocenters. The molecule has 1 aliphatic heterocycles. The number of hydrogen-bond donors (Lipinski definition) is 1. The van der Waals surface area contributed by atoms with E-state index in [4.69, 9.17) is 10.5 Å². The van der Waals surface area contributed by atoms with Gasteiger partial charge in [0.2, 0.25) is 5.88 Å². The van der Waals surface area contributed by atoms with E-state index >= 15 is 0 Å². The van der Waals surface area contributed by atoms with E-state index in [0.29, 0.717) is 5.57 Å². The summed E-state index contributed by atoms with van der Waals surface area (Å²) < 4.78 is 5.46. The van der Waals surface area contributed by atoms with Crippen LogP contribution in [0.3, 0.4) is 0 Å². The second kappa shape index (κ2) is 4.34. The smallest absolute Gasteiger partial charge is 0.205 e. The van der Waals surface area contributed by atoms with Crippen molar-refractivity contribution in [1.29, 1.82) is 5.26 Å². The van der Waals surface area contributed by atoms with Gasteiger partial charge in [0.05, 0.1) is 5.57 Å². The Kier molecular flexibility index (Phi) is 2.88. The standard InChI is InChI=1S/C14H14N2O/c1-3-9(2)13-10-6-4-5-7-12(10)17-14(16)11(13)8-15/h3-7,9,13H,1,16H2,2H3. The van der Waals surface area contributed by atoms with Crippen molar-refractivity contribution in [2.45, 2.75) is 12.8 Å². The summed E-state index contributed by atoms with van der Waals surface area (Å²) in [6.45, 7) is 5.81. The van der Waals surface area contributed by atoms with E-state index in [2.05, 4.69) is 12.6 Å². The van der Waals surface area contributed by atoms with Gasteiger partial charge in [0.1, 0.15) is 11.8 Å². The first kappa shape index (κ1) is 11.3. The molecule has 0 fully saturated rings. The van der Waals surface area contributed by atoms with Gasteiger partial charge in [-0.2, -0.15) is 5.26 Å². The molecule has 0 radical (unpaired) electrons. The molecule has 1 heterocycles. The summed E-state index contributed by atoms with van der Waals surface area (Å²) in [6, 6.07) is 9.78. The van der Waals surface area contributed by atoms with Gasteiger partial charge < -0.3 is 10.5 Å². The topological polar surface area (TPSA) is 59.0 Å². The molecule has 2 N–H and O–H groups in total. The number of allylic oxidation sites excluding steroid dienone is 2. The summed E-state index contributed by atoms with van der Waals surface area (Å²) in [6.07, 6.45) is 1.83. The summed E-state index contributed by atoms with van der Waals surface area (Å²) in [4.78, 5) is 0. The van der Waals surface area contributed by atoms with E-state index < -0.39 is 0 Å². The average molecular weight is 226 g/mol. The fourth-order valence-corrected chi connectivity index (χ4v) is 2.12. The minimum absolute atomic E-state index is 0.0672. The van der Waals surface area contributed by atoms with E-state index in [1.807, 2.05) is 37.3 Å². The first-order chi connectivity index (χ1) is 8.19. The van der Waals surface area contributed by atoms with Crippen molar-refractivity contribution in [2.75, 3.05) is 0 Å². The number of benzene rings is 1. The number of rotatable bonds is 2. The van der Waals surface area contributed by atoms with Gasteiger partial charge in [-0.15, -0.1) is 6.58 Å². The molecule has 2 rings (SSSR count). The number of nitrogens with two attached hydrogens (primary N) is 1. The molecular weight excluding hydrogens is 212 g/mol. The summed E-state index contributed by atoms with van der Waals surface area (Å²) in [7, 11) is 0. The monoisotopic (exact) mass is 226 g/mol. The zero-order valence-corrected chi connectivity index (χ0v) is 9.68. The van der Waals surface area contributed by atoms with Gasteiger partial charge in [-0.3, -0.25) is 0 Å². The highest BCUT2D eigenvalue weighted by molar-refractivity contribution is 5.50. The second-order valence-electron chi connectivity index (χ2n) is 4.10. The van der Waals surface area contributed by atoms with Gasteiger partial charge in [-0.25, -0.2) is 0 Å². The predicted molar refractivity (Wildman–Crippen MR) is 66.0 cm³/mol. The lowest BCUT2D eigenvalue weighted by Gasteiger charge is -2.28. The molecule has 1 aromatic rings. The van der Waals surface area contributed by atoms with Crippen LogP contribution in [-0.4, -0.2) is 0 Å². The summed E-state index contributed by atoms with van der Waals surface area (Å²) >= 11 is 0. The fraction of sp³-hybridized carbons (Fsp3) is 0.214. The van der Waals surface area contributed by atoms with Crippen molar-refractivity contribution in [3.05, 3.63) is 53.9 Å². The van der Waals surface area contributed by atoms with Crippen LogP contribution in [0.15, 0.2) is 48.4 Å². The summed E-state index contributed by atoms with van der Waals surface area (Å²) in [5, 5.41) is 9.20. The maximum atomic E-state index is 9.20. The lowest BCUT2D eigenvalue weighted by atomic mass is 9.80. The van der Waals surface area contributed by atoms with Gasteiger partial charge in [0, 0.05) is 11.5 Å². The molecule has 0 spiro atoms. The van der Waals surface area contributed by atoms with Gasteiger partial charge in [0.25, 0.3) is 0 Å². The number of nitrogens with zero attached hydrogens (tertiary/aromatic N) is 1. The lowest BCUT2D eigenvalue weighted by molar-refractivity contribution is 0.378. The van der Waals surface area contributed by atoms with E-state index in [0.717, 1.165) is 11.3 Å². The van der Waals surface area contributed by atoms with Gasteiger partial charge in [-0.05, 0) is 12.0 Å². The van der Waals surface area contributed by atoms with Crippen LogP contribution < -0.4 is 10.5 Å². The van der Waals surface area contributed by atoms with Crippen molar-refractivity contribution in [3.8, 4) is 11.8 Å². The first-order valence-electron chi connectivity index (χ1n) is 5.48. The number of hydrogen-bond acceptors (Lipinski definition) is 3. The first-order valence-corrected chi connectivity index (χ1v) is 5.48. The highest BCUT2D eigenvalue weighted by Gasteiger charge is 2.31. The quantitative estimate of drug-likeness (QED) is 0.789. The van der Waals surface area contributed by atoms with Crippen molar-refractivity contribution < 1.29 is 4.74 Å². The van der Waals surface area contributed by atoms with Crippen LogP contribution >= 0.6 is 0 Å². The third-order valence-corrected chi connectivity index (χ3v) is 3.07. The Morgan fingerprint density at radius 2 is 2.24 bits per heavy atom. The summed E-state index contributed by atoms with van der Waals surface area (Å²) in [5.41, 5.74) is 7.26. The third-order valence-electron chi connectivity index (χ3n) is 3.07. The normalized spacial score (nSPS) is 19.9. The van der Waals surface area contributed by atoms with Crippen LogP contribution in [0.5, 0.6) is 5.75 Å². The number of ether oxygens (including phenoxy) is 1. The van der Waals surface area contributed by atoms with E-state index in [9.17, 15) is 5.26 Å². The van der Waals surface area contributed by atoms with Crippen molar-refractivity contribution in [2.24, 2.45) is 11.7 Å². The largest absolute Gasteiger partial charge is 0.440 e. The molecule has 1 aliphatic rings. The molecule has 17 heavy (non-hydrogen) atoms. The molecule has 0 aromatic heterocycles. The van der Waals surface area contributed by atoms with Crippen LogP contribution in [0.1, 0.15) is 18.4 Å². The van der Waals surface area contributed by atoms with Gasteiger partial charge in [-0.1, -0.05) is 31.2 Å². The van der Waals surface area contributed by atoms with Crippen LogP contribution in [0, 0.1) is 17.2 Å². The lowest BCUT2D eigenvalue weighted by Crippen LogP contribution is -2.23. The van der Waals surface area contributed by atoms with Crippen molar-refractivity contribution in [1.82, 2.24) is 0 Å². The molecular formula is C14H14N2O. The van der Waals surface area contributed by atoms with Gasteiger partial charge in [0.15, 0.2) is 0 Å². The Morgan fingerprint density at radius 1 is 1.53 bits per heavy atom. The van der Waals surface area contributed by atoms with Crippen LogP contribution in [-0.2, 0) is 0 Å². The minimum atomic E-state index is -0.0672. The fourth-order valence-electron chi connectivity index (χ4n) is 2.12. The Labute approximate surface area is 101 Å². The molecule has 0 amide bonds. The van der Waals surface area contributed by atoms with Crippen LogP contribution in [0.25, 0.3) is 0 Å². The van der Waals surface area contributed by atoms with Gasteiger partial charge >= 0.3 is 0 Å². The average Bonchev–Trinajstić information content (AvgIpc) is 2.36. The number of fused-ring (bicyclic) bond motifs is 1. The highest BCUT2D eigenvalue weighted by atomic mass is 16.5. The number of nitriles is 1. The Balaban J connectivity index is 2.59.